The Hall–Kier alpha value is -1.45. The van der Waals surface area contributed by atoms with Gasteiger partial charge in [-0.2, -0.15) is 0 Å². The van der Waals surface area contributed by atoms with E-state index < -0.39 is 14.1 Å². The van der Waals surface area contributed by atoms with Gasteiger partial charge in [-0.05, 0) is 10.1 Å². The number of hydrogen-bond acceptors (Lipinski definition) is 4. The summed E-state index contributed by atoms with van der Waals surface area (Å²) in [6.45, 7) is 0.191. The van der Waals surface area contributed by atoms with E-state index in [0.29, 0.717) is 0 Å². The van der Waals surface area contributed by atoms with E-state index in [2.05, 4.69) is 9.84 Å². The molecule has 1 aromatic rings. The summed E-state index contributed by atoms with van der Waals surface area (Å²) in [6.07, 6.45) is -0.649. The second-order valence-electron chi connectivity index (χ2n) is 2.91. The van der Waals surface area contributed by atoms with Crippen LogP contribution in [-0.4, -0.2) is 19.5 Å². The van der Waals surface area contributed by atoms with Gasteiger partial charge in [0.15, 0.2) is 0 Å². The van der Waals surface area contributed by atoms with Crippen molar-refractivity contribution in [1.82, 2.24) is 5.32 Å². The SMILES string of the molecule is CO[P+](=O)CNC(=O)OCc1ccccc1. The van der Waals surface area contributed by atoms with E-state index >= 15 is 0 Å². The van der Waals surface area contributed by atoms with Crippen LogP contribution in [0.3, 0.4) is 0 Å². The van der Waals surface area contributed by atoms with Gasteiger partial charge in [0.1, 0.15) is 6.61 Å². The predicted molar refractivity (Wildman–Crippen MR) is 59.2 cm³/mol. The molecule has 0 saturated heterocycles. The average Bonchev–Trinajstić information content (AvgIpc) is 2.34. The zero-order valence-corrected chi connectivity index (χ0v) is 9.78. The maximum Gasteiger partial charge on any atom is 0.529 e. The predicted octanol–water partition coefficient (Wildman–Crippen LogP) is 2.26. The molecule has 0 heterocycles. The van der Waals surface area contributed by atoms with Crippen LogP contribution in [-0.2, 0) is 20.4 Å². The molecule has 0 aliphatic carbocycles. The Morgan fingerprint density at radius 3 is 2.69 bits per heavy atom. The Morgan fingerprint density at radius 2 is 2.06 bits per heavy atom. The lowest BCUT2D eigenvalue weighted by molar-refractivity contribution is 0.141. The first-order valence-electron chi connectivity index (χ1n) is 4.65. The second-order valence-corrected chi connectivity index (χ2v) is 4.26. The van der Waals surface area contributed by atoms with E-state index in [4.69, 9.17) is 4.74 Å². The van der Waals surface area contributed by atoms with Crippen LogP contribution in [0.15, 0.2) is 30.3 Å². The van der Waals surface area contributed by atoms with E-state index in [1.54, 1.807) is 0 Å². The van der Waals surface area contributed by atoms with E-state index in [1.165, 1.54) is 7.11 Å². The minimum Gasteiger partial charge on any atom is -0.445 e. The smallest absolute Gasteiger partial charge is 0.445 e. The quantitative estimate of drug-likeness (QED) is 0.804. The van der Waals surface area contributed by atoms with Gasteiger partial charge in [0.2, 0.25) is 0 Å². The highest BCUT2D eigenvalue weighted by Crippen LogP contribution is 2.16. The molecular formula is C10H13NO4P+. The molecule has 6 heteroatoms. The summed E-state index contributed by atoms with van der Waals surface area (Å²) in [5, 5.41) is 2.33. The monoisotopic (exact) mass is 242 g/mol. The number of rotatable bonds is 5. The van der Waals surface area contributed by atoms with Crippen molar-refractivity contribution >= 4 is 14.1 Å². The Morgan fingerprint density at radius 1 is 1.38 bits per heavy atom. The van der Waals surface area contributed by atoms with Gasteiger partial charge in [0, 0.05) is 0 Å². The largest absolute Gasteiger partial charge is 0.529 e. The van der Waals surface area contributed by atoms with Crippen molar-refractivity contribution in [2.24, 2.45) is 0 Å². The lowest BCUT2D eigenvalue weighted by Gasteiger charge is -2.03. The lowest BCUT2D eigenvalue weighted by atomic mass is 10.2. The van der Waals surface area contributed by atoms with Crippen molar-refractivity contribution in [1.29, 1.82) is 0 Å². The molecule has 0 aliphatic heterocycles. The Labute approximate surface area is 94.6 Å². The number of benzene rings is 1. The summed E-state index contributed by atoms with van der Waals surface area (Å²) in [5.74, 6) is 0. The van der Waals surface area contributed by atoms with Crippen LogP contribution in [0, 0.1) is 0 Å². The molecular weight excluding hydrogens is 229 g/mol. The Balaban J connectivity index is 2.23. The number of ether oxygens (including phenoxy) is 1. The van der Waals surface area contributed by atoms with Crippen LogP contribution in [0.25, 0.3) is 0 Å². The van der Waals surface area contributed by atoms with Crippen molar-refractivity contribution < 1.29 is 18.6 Å². The standard InChI is InChI=1S/C10H12NO4P/c1-14-16(13)8-11-10(12)15-7-9-5-3-2-4-6-9/h2-6H,7-8H2,1H3/p+1. The molecule has 1 aromatic carbocycles. The molecule has 1 N–H and O–H groups in total. The van der Waals surface area contributed by atoms with Gasteiger partial charge < -0.3 is 4.74 Å². The molecule has 1 rings (SSSR count). The fourth-order valence-corrected chi connectivity index (χ4v) is 1.36. The molecule has 16 heavy (non-hydrogen) atoms. The van der Waals surface area contributed by atoms with Gasteiger partial charge in [-0.25, -0.2) is 4.79 Å². The topological polar surface area (TPSA) is 64.6 Å². The summed E-state index contributed by atoms with van der Waals surface area (Å²) in [5.41, 5.74) is 0.897. The summed E-state index contributed by atoms with van der Waals surface area (Å²) in [7, 11) is -0.523. The molecule has 0 bridgehead atoms. The zero-order valence-electron chi connectivity index (χ0n) is 8.88. The molecule has 0 aromatic heterocycles. The number of carbonyl (C=O) groups is 1. The Kier molecular flexibility index (Phi) is 5.46. The zero-order chi connectivity index (χ0) is 11.8. The second kappa shape index (κ2) is 6.93. The van der Waals surface area contributed by atoms with Crippen molar-refractivity contribution in [3.63, 3.8) is 0 Å². The summed E-state index contributed by atoms with van der Waals surface area (Å²) >= 11 is 0. The number of carbonyl (C=O) groups excluding carboxylic acids is 1. The van der Waals surface area contributed by atoms with Crippen LogP contribution >= 0.6 is 8.03 Å². The third kappa shape index (κ3) is 4.87. The van der Waals surface area contributed by atoms with Gasteiger partial charge in [0.25, 0.3) is 6.29 Å². The van der Waals surface area contributed by atoms with Crippen LogP contribution in [0.5, 0.6) is 0 Å². The Bertz CT molecular complexity index is 355. The molecule has 1 amide bonds. The lowest BCUT2D eigenvalue weighted by Crippen LogP contribution is -2.23. The normalized spacial score (nSPS) is 10.7. The first-order valence-corrected chi connectivity index (χ1v) is 6.02. The van der Waals surface area contributed by atoms with E-state index in [0.717, 1.165) is 5.56 Å². The molecule has 0 fully saturated rings. The van der Waals surface area contributed by atoms with Crippen molar-refractivity contribution in [3.05, 3.63) is 35.9 Å². The highest BCUT2D eigenvalue weighted by molar-refractivity contribution is 7.39. The van der Waals surface area contributed by atoms with Crippen molar-refractivity contribution in [3.8, 4) is 0 Å². The van der Waals surface area contributed by atoms with Crippen LogP contribution < -0.4 is 5.32 Å². The number of hydrogen-bond donors (Lipinski definition) is 1. The summed E-state index contributed by atoms with van der Waals surface area (Å²) in [6, 6.07) is 9.30. The molecule has 0 spiro atoms. The fraction of sp³-hybridized carbons (Fsp3) is 0.300. The van der Waals surface area contributed by atoms with E-state index in [1.807, 2.05) is 30.3 Å². The van der Waals surface area contributed by atoms with Gasteiger partial charge in [-0.15, -0.1) is 4.52 Å². The first-order chi connectivity index (χ1) is 7.72. The van der Waals surface area contributed by atoms with Gasteiger partial charge in [-0.1, -0.05) is 30.3 Å². The summed E-state index contributed by atoms with van der Waals surface area (Å²) in [4.78, 5) is 11.1. The number of alkyl carbamates (subject to hydrolysis) is 1. The minimum atomic E-state index is -1.84. The third-order valence-corrected chi connectivity index (χ3v) is 2.59. The van der Waals surface area contributed by atoms with Crippen LogP contribution in [0.4, 0.5) is 4.79 Å². The third-order valence-electron chi connectivity index (χ3n) is 1.77. The molecule has 0 radical (unpaired) electrons. The van der Waals surface area contributed by atoms with Crippen molar-refractivity contribution in [2.45, 2.75) is 6.61 Å². The minimum absolute atomic E-state index is 0.0422. The molecule has 5 nitrogen and oxygen atoms in total. The molecule has 86 valence electrons. The maximum atomic E-state index is 11.1. The van der Waals surface area contributed by atoms with E-state index in [9.17, 15) is 9.36 Å². The maximum absolute atomic E-state index is 11.1. The highest BCUT2D eigenvalue weighted by atomic mass is 31.1. The number of amides is 1. The van der Waals surface area contributed by atoms with Crippen molar-refractivity contribution in [2.75, 3.05) is 13.4 Å². The average molecular weight is 242 g/mol. The molecule has 0 saturated carbocycles. The first kappa shape index (κ1) is 12.6. The van der Waals surface area contributed by atoms with Gasteiger partial charge >= 0.3 is 14.1 Å². The highest BCUT2D eigenvalue weighted by Gasteiger charge is 2.16. The van der Waals surface area contributed by atoms with E-state index in [-0.39, 0.29) is 12.9 Å². The van der Waals surface area contributed by atoms with Gasteiger partial charge in [0.05, 0.1) is 7.11 Å². The molecule has 1 atom stereocenters. The molecule has 1 unspecified atom stereocenters. The number of nitrogens with one attached hydrogen (secondary N) is 1. The van der Waals surface area contributed by atoms with Crippen LogP contribution in [0.2, 0.25) is 0 Å². The van der Waals surface area contributed by atoms with Gasteiger partial charge in [-0.3, -0.25) is 5.32 Å². The summed E-state index contributed by atoms with van der Waals surface area (Å²) < 4.78 is 20.2. The fourth-order valence-electron chi connectivity index (χ4n) is 0.968. The molecule has 0 aliphatic rings. The van der Waals surface area contributed by atoms with Crippen LogP contribution in [0.1, 0.15) is 5.56 Å².